The van der Waals surface area contributed by atoms with Crippen molar-refractivity contribution >= 4 is 0 Å². The predicted molar refractivity (Wildman–Crippen MR) is 55.1 cm³/mol. The Morgan fingerprint density at radius 1 is 1.25 bits per heavy atom. The quantitative estimate of drug-likeness (QED) is 0.553. The first kappa shape index (κ1) is 9.31. The van der Waals surface area contributed by atoms with E-state index in [0.717, 1.165) is 0 Å². The monoisotopic (exact) mass is 162 g/mol. The second-order valence-electron chi connectivity index (χ2n) is 3.83. The van der Waals surface area contributed by atoms with Crippen molar-refractivity contribution in [2.75, 3.05) is 0 Å². The van der Waals surface area contributed by atoms with Gasteiger partial charge in [-0.3, -0.25) is 0 Å². The molecule has 0 heterocycles. The smallest absolute Gasteiger partial charge is 0.00755 e. The van der Waals surface area contributed by atoms with Gasteiger partial charge >= 0.3 is 0 Å². The van der Waals surface area contributed by atoms with E-state index in [9.17, 15) is 0 Å². The Labute approximate surface area is 75.7 Å². The maximum atomic E-state index is 3.85. The Balaban J connectivity index is 2.83. The Bertz CT molecular complexity index is 202. The average molecular weight is 162 g/mol. The third kappa shape index (κ3) is 1.69. The number of rotatable bonds is 3. The highest BCUT2D eigenvalue weighted by Crippen LogP contribution is 2.43. The lowest BCUT2D eigenvalue weighted by Gasteiger charge is -2.24. The average Bonchev–Trinajstić information content (AvgIpc) is 2.49. The molecule has 0 aromatic rings. The van der Waals surface area contributed by atoms with E-state index in [1.54, 1.807) is 0 Å². The Morgan fingerprint density at radius 2 is 1.83 bits per heavy atom. The molecule has 0 heteroatoms. The summed E-state index contributed by atoms with van der Waals surface area (Å²) in [5.41, 5.74) is 1.74. The fourth-order valence-electron chi connectivity index (χ4n) is 2.09. The summed E-state index contributed by atoms with van der Waals surface area (Å²) in [6, 6.07) is 0. The van der Waals surface area contributed by atoms with Crippen LogP contribution in [0.2, 0.25) is 0 Å². The van der Waals surface area contributed by atoms with Gasteiger partial charge in [-0.1, -0.05) is 51.2 Å². The van der Waals surface area contributed by atoms with E-state index in [4.69, 9.17) is 0 Å². The molecule has 1 aliphatic rings. The second-order valence-corrected chi connectivity index (χ2v) is 3.83. The van der Waals surface area contributed by atoms with Gasteiger partial charge in [-0.15, -0.1) is 0 Å². The van der Waals surface area contributed by atoms with Gasteiger partial charge in [0.05, 0.1) is 0 Å². The van der Waals surface area contributed by atoms with E-state index in [1.807, 2.05) is 12.2 Å². The van der Waals surface area contributed by atoms with E-state index in [0.29, 0.717) is 5.41 Å². The summed E-state index contributed by atoms with van der Waals surface area (Å²) in [7, 11) is 0. The maximum absolute atomic E-state index is 3.85. The van der Waals surface area contributed by atoms with Gasteiger partial charge in [0.2, 0.25) is 0 Å². The topological polar surface area (TPSA) is 0 Å². The molecular weight excluding hydrogens is 144 g/mol. The van der Waals surface area contributed by atoms with E-state index in [1.165, 1.54) is 31.3 Å². The van der Waals surface area contributed by atoms with Crippen molar-refractivity contribution in [3.05, 3.63) is 37.0 Å². The van der Waals surface area contributed by atoms with Crippen LogP contribution in [0.3, 0.4) is 0 Å². The molecule has 0 radical (unpaired) electrons. The van der Waals surface area contributed by atoms with Crippen LogP contribution in [0, 0.1) is 5.41 Å². The molecule has 0 amide bonds. The lowest BCUT2D eigenvalue weighted by molar-refractivity contribution is 0.424. The number of allylic oxidation sites excluding steroid dienone is 4. The molecule has 1 fully saturated rings. The first-order valence-corrected chi connectivity index (χ1v) is 4.68. The van der Waals surface area contributed by atoms with Crippen LogP contribution in [0.1, 0.15) is 32.6 Å². The Hall–Kier alpha value is -0.780. The van der Waals surface area contributed by atoms with Gasteiger partial charge in [-0.05, 0) is 23.8 Å². The lowest BCUT2D eigenvalue weighted by Crippen LogP contribution is -2.12. The molecule has 1 rings (SSSR count). The first-order valence-electron chi connectivity index (χ1n) is 4.68. The van der Waals surface area contributed by atoms with Gasteiger partial charge in [0.1, 0.15) is 0 Å². The molecule has 66 valence electrons. The third-order valence-corrected chi connectivity index (χ3v) is 2.92. The van der Waals surface area contributed by atoms with Crippen molar-refractivity contribution in [1.29, 1.82) is 0 Å². The molecule has 0 saturated heterocycles. The molecular formula is C12H18. The lowest BCUT2D eigenvalue weighted by atomic mass is 9.80. The van der Waals surface area contributed by atoms with Gasteiger partial charge in [0.25, 0.3) is 0 Å². The largest absolute Gasteiger partial charge is 0.0991 e. The molecule has 0 aromatic carbocycles. The summed E-state index contributed by atoms with van der Waals surface area (Å²) in [6.07, 6.45) is 11.3. The highest BCUT2D eigenvalue weighted by atomic mass is 14.3. The molecule has 0 aromatic heterocycles. The Kier molecular flexibility index (Phi) is 2.91. The summed E-state index contributed by atoms with van der Waals surface area (Å²) < 4.78 is 0. The van der Waals surface area contributed by atoms with E-state index < -0.39 is 0 Å². The Morgan fingerprint density at radius 3 is 2.25 bits per heavy atom. The highest BCUT2D eigenvalue weighted by Gasteiger charge is 2.30. The molecule has 0 N–H and O–H groups in total. The molecule has 1 aliphatic carbocycles. The van der Waals surface area contributed by atoms with Crippen molar-refractivity contribution in [3.8, 4) is 0 Å². The minimum Gasteiger partial charge on any atom is -0.0991 e. The van der Waals surface area contributed by atoms with Crippen LogP contribution in [0.5, 0.6) is 0 Å². The number of hydrogen-bond donors (Lipinski definition) is 0. The van der Waals surface area contributed by atoms with Crippen LogP contribution in [-0.2, 0) is 0 Å². The SMILES string of the molecule is C=C/C=C(\C=C)C1(C)CCCC1. The van der Waals surface area contributed by atoms with Crippen molar-refractivity contribution in [1.82, 2.24) is 0 Å². The first-order chi connectivity index (χ1) is 5.73. The number of hydrogen-bond acceptors (Lipinski definition) is 0. The minimum atomic E-state index is 0.385. The van der Waals surface area contributed by atoms with E-state index in [2.05, 4.69) is 26.2 Å². The molecule has 0 bridgehead atoms. The predicted octanol–water partition coefficient (Wildman–Crippen LogP) is 3.87. The summed E-state index contributed by atoms with van der Waals surface area (Å²) in [5.74, 6) is 0. The van der Waals surface area contributed by atoms with Crippen molar-refractivity contribution in [3.63, 3.8) is 0 Å². The van der Waals surface area contributed by atoms with Crippen LogP contribution < -0.4 is 0 Å². The highest BCUT2D eigenvalue weighted by molar-refractivity contribution is 5.28. The maximum Gasteiger partial charge on any atom is -0.00755 e. The standard InChI is InChI=1S/C12H18/c1-4-8-11(5-2)12(3)9-6-7-10-12/h4-5,8H,1-2,6-7,9-10H2,3H3/b11-8+. The zero-order chi connectivity index (χ0) is 9.03. The molecule has 0 atom stereocenters. The molecule has 1 saturated carbocycles. The summed E-state index contributed by atoms with van der Waals surface area (Å²) in [5, 5.41) is 0. The summed E-state index contributed by atoms with van der Waals surface area (Å²) >= 11 is 0. The fourth-order valence-corrected chi connectivity index (χ4v) is 2.09. The van der Waals surface area contributed by atoms with Crippen molar-refractivity contribution in [2.24, 2.45) is 5.41 Å². The van der Waals surface area contributed by atoms with Gasteiger partial charge in [-0.2, -0.15) is 0 Å². The molecule has 0 nitrogen and oxygen atoms in total. The van der Waals surface area contributed by atoms with Crippen LogP contribution in [-0.4, -0.2) is 0 Å². The summed E-state index contributed by atoms with van der Waals surface area (Å²) in [6.45, 7) is 9.91. The van der Waals surface area contributed by atoms with Crippen molar-refractivity contribution < 1.29 is 0 Å². The molecule has 0 aliphatic heterocycles. The van der Waals surface area contributed by atoms with Crippen LogP contribution in [0.4, 0.5) is 0 Å². The zero-order valence-electron chi connectivity index (χ0n) is 7.97. The van der Waals surface area contributed by atoms with Crippen molar-refractivity contribution in [2.45, 2.75) is 32.6 Å². The van der Waals surface area contributed by atoms with Crippen LogP contribution in [0.25, 0.3) is 0 Å². The molecule has 0 unspecified atom stereocenters. The second kappa shape index (κ2) is 3.75. The third-order valence-electron chi connectivity index (χ3n) is 2.92. The molecule has 12 heavy (non-hydrogen) atoms. The van der Waals surface area contributed by atoms with E-state index >= 15 is 0 Å². The minimum absolute atomic E-state index is 0.385. The zero-order valence-corrected chi connectivity index (χ0v) is 7.97. The normalized spacial score (nSPS) is 22.2. The van der Waals surface area contributed by atoms with Gasteiger partial charge in [-0.25, -0.2) is 0 Å². The van der Waals surface area contributed by atoms with Crippen LogP contribution in [0.15, 0.2) is 37.0 Å². The van der Waals surface area contributed by atoms with E-state index in [-0.39, 0.29) is 0 Å². The molecule has 0 spiro atoms. The summed E-state index contributed by atoms with van der Waals surface area (Å²) in [4.78, 5) is 0. The van der Waals surface area contributed by atoms with Gasteiger partial charge in [0.15, 0.2) is 0 Å². The van der Waals surface area contributed by atoms with Gasteiger partial charge in [0, 0.05) is 0 Å². The van der Waals surface area contributed by atoms with Crippen LogP contribution >= 0.6 is 0 Å². The van der Waals surface area contributed by atoms with Gasteiger partial charge < -0.3 is 0 Å². The fraction of sp³-hybridized carbons (Fsp3) is 0.500.